The lowest BCUT2D eigenvalue weighted by molar-refractivity contribution is 0.0495. The Bertz CT molecular complexity index is 674. The number of carbonyl (C=O) groups excluding carboxylic acids is 1. The summed E-state index contributed by atoms with van der Waals surface area (Å²) in [5.74, 6) is 3.42. The fraction of sp³-hybridized carbons (Fsp3) is 0.667. The molecule has 1 saturated heterocycles. The van der Waals surface area contributed by atoms with Gasteiger partial charge in [-0.25, -0.2) is 0 Å². The molecule has 1 aromatic carbocycles. The minimum atomic E-state index is 0.0295. The van der Waals surface area contributed by atoms with Crippen LogP contribution in [0.5, 0.6) is 17.2 Å². The molecule has 2 aliphatic carbocycles. The number of hydrogen-bond acceptors (Lipinski definition) is 5. The molecule has 3 aliphatic rings. The smallest absolute Gasteiger partial charge is 0.254 e. The topological polar surface area (TPSA) is 51.2 Å². The number of nitrogens with zero attached hydrogens (tertiary/aromatic N) is 2. The highest BCUT2D eigenvalue weighted by molar-refractivity contribution is 5.95. The standard InChI is InChI=1S/C21H30N2O4/c1-25-18-12-16(13-19(26-2)20(18)27-3)21(24)23-8-6-22(7-9-23)17-11-14-4-5-15(17)10-14/h12-15,17H,4-11H2,1-3H3/t14-,15-,17+/m1/s1. The summed E-state index contributed by atoms with van der Waals surface area (Å²) in [6.45, 7) is 3.51. The maximum absolute atomic E-state index is 13.0. The summed E-state index contributed by atoms with van der Waals surface area (Å²) in [7, 11) is 4.70. The minimum absolute atomic E-state index is 0.0295. The lowest BCUT2D eigenvalue weighted by Crippen LogP contribution is -2.53. The van der Waals surface area contributed by atoms with Crippen LogP contribution >= 0.6 is 0 Å². The van der Waals surface area contributed by atoms with E-state index in [1.165, 1.54) is 25.7 Å². The highest BCUT2D eigenvalue weighted by Gasteiger charge is 2.43. The largest absolute Gasteiger partial charge is 0.493 e. The van der Waals surface area contributed by atoms with Crippen molar-refractivity contribution >= 4 is 5.91 Å². The number of fused-ring (bicyclic) bond motifs is 2. The quantitative estimate of drug-likeness (QED) is 0.793. The maximum Gasteiger partial charge on any atom is 0.254 e. The van der Waals surface area contributed by atoms with Crippen molar-refractivity contribution < 1.29 is 19.0 Å². The second-order valence-electron chi connectivity index (χ2n) is 7.98. The normalized spacial score (nSPS) is 27.7. The van der Waals surface area contributed by atoms with Gasteiger partial charge in [0.2, 0.25) is 5.75 Å². The molecular formula is C21H30N2O4. The van der Waals surface area contributed by atoms with Gasteiger partial charge in [-0.05, 0) is 43.2 Å². The summed E-state index contributed by atoms with van der Waals surface area (Å²) in [4.78, 5) is 17.6. The first-order chi connectivity index (χ1) is 13.1. The van der Waals surface area contributed by atoms with E-state index in [9.17, 15) is 4.79 Å². The molecule has 4 rings (SSSR count). The molecule has 0 N–H and O–H groups in total. The first-order valence-corrected chi connectivity index (χ1v) is 9.98. The van der Waals surface area contributed by atoms with E-state index in [-0.39, 0.29) is 5.91 Å². The summed E-state index contributed by atoms with van der Waals surface area (Å²) in [6.07, 6.45) is 5.63. The van der Waals surface area contributed by atoms with Gasteiger partial charge in [-0.1, -0.05) is 6.42 Å². The Morgan fingerprint density at radius 3 is 2.07 bits per heavy atom. The van der Waals surface area contributed by atoms with E-state index in [4.69, 9.17) is 14.2 Å². The first-order valence-electron chi connectivity index (χ1n) is 9.98. The molecule has 2 bridgehead atoms. The van der Waals surface area contributed by atoms with Crippen LogP contribution in [-0.4, -0.2) is 69.3 Å². The van der Waals surface area contributed by atoms with Crippen molar-refractivity contribution in [3.8, 4) is 17.2 Å². The molecule has 3 atom stereocenters. The van der Waals surface area contributed by atoms with Crippen LogP contribution in [0, 0.1) is 11.8 Å². The number of rotatable bonds is 5. The van der Waals surface area contributed by atoms with Crippen LogP contribution in [0.15, 0.2) is 12.1 Å². The highest BCUT2D eigenvalue weighted by atomic mass is 16.5. The third kappa shape index (κ3) is 3.35. The van der Waals surface area contributed by atoms with Gasteiger partial charge in [-0.3, -0.25) is 9.69 Å². The van der Waals surface area contributed by atoms with Gasteiger partial charge < -0.3 is 19.1 Å². The third-order valence-corrected chi connectivity index (χ3v) is 6.68. The minimum Gasteiger partial charge on any atom is -0.493 e. The number of carbonyl (C=O) groups is 1. The zero-order valence-electron chi connectivity index (χ0n) is 16.6. The molecule has 1 aromatic rings. The van der Waals surface area contributed by atoms with Gasteiger partial charge in [0, 0.05) is 37.8 Å². The molecule has 2 saturated carbocycles. The predicted molar refractivity (Wildman–Crippen MR) is 103 cm³/mol. The average Bonchev–Trinajstić information content (AvgIpc) is 3.35. The fourth-order valence-corrected chi connectivity index (χ4v) is 5.30. The van der Waals surface area contributed by atoms with Gasteiger partial charge >= 0.3 is 0 Å². The third-order valence-electron chi connectivity index (χ3n) is 6.68. The second-order valence-corrected chi connectivity index (χ2v) is 7.98. The molecule has 0 spiro atoms. The zero-order valence-corrected chi connectivity index (χ0v) is 16.6. The van der Waals surface area contributed by atoms with Crippen molar-refractivity contribution in [1.82, 2.24) is 9.80 Å². The van der Waals surface area contributed by atoms with E-state index in [0.717, 1.165) is 44.1 Å². The molecule has 3 fully saturated rings. The monoisotopic (exact) mass is 374 g/mol. The molecule has 27 heavy (non-hydrogen) atoms. The second kappa shape index (κ2) is 7.58. The van der Waals surface area contributed by atoms with Gasteiger partial charge in [-0.15, -0.1) is 0 Å². The highest BCUT2D eigenvalue weighted by Crippen LogP contribution is 2.46. The summed E-state index contributed by atoms with van der Waals surface area (Å²) < 4.78 is 16.1. The van der Waals surface area contributed by atoms with Crippen molar-refractivity contribution in [2.45, 2.75) is 31.7 Å². The SMILES string of the molecule is COc1cc(C(=O)N2CCN([C@H]3C[C@@H]4CC[C@@H]3C4)CC2)cc(OC)c1OC. The Balaban J connectivity index is 1.43. The van der Waals surface area contributed by atoms with Gasteiger partial charge in [0.25, 0.3) is 5.91 Å². The molecule has 1 heterocycles. The molecule has 0 radical (unpaired) electrons. The fourth-order valence-electron chi connectivity index (χ4n) is 5.30. The summed E-state index contributed by atoms with van der Waals surface area (Å²) in [5, 5.41) is 0. The van der Waals surface area contributed by atoms with Crippen LogP contribution in [-0.2, 0) is 0 Å². The van der Waals surface area contributed by atoms with E-state index >= 15 is 0 Å². The van der Waals surface area contributed by atoms with Crippen molar-refractivity contribution in [2.24, 2.45) is 11.8 Å². The van der Waals surface area contributed by atoms with Crippen LogP contribution in [0.25, 0.3) is 0 Å². The molecule has 148 valence electrons. The number of hydrogen-bond donors (Lipinski definition) is 0. The van der Waals surface area contributed by atoms with Crippen molar-refractivity contribution in [2.75, 3.05) is 47.5 Å². The van der Waals surface area contributed by atoms with E-state index < -0.39 is 0 Å². The van der Waals surface area contributed by atoms with Crippen LogP contribution in [0.4, 0.5) is 0 Å². The Labute approximate surface area is 161 Å². The zero-order chi connectivity index (χ0) is 19.0. The van der Waals surface area contributed by atoms with Crippen LogP contribution < -0.4 is 14.2 Å². The van der Waals surface area contributed by atoms with Crippen molar-refractivity contribution in [1.29, 1.82) is 0 Å². The number of ether oxygens (including phenoxy) is 3. The van der Waals surface area contributed by atoms with E-state index in [1.807, 2.05) is 4.90 Å². The van der Waals surface area contributed by atoms with E-state index in [2.05, 4.69) is 4.90 Å². The van der Waals surface area contributed by atoms with Crippen LogP contribution in [0.2, 0.25) is 0 Å². The van der Waals surface area contributed by atoms with Crippen molar-refractivity contribution in [3.05, 3.63) is 17.7 Å². The number of piperazine rings is 1. The molecule has 6 nitrogen and oxygen atoms in total. The van der Waals surface area contributed by atoms with Gasteiger partial charge in [0.05, 0.1) is 21.3 Å². The Kier molecular flexibility index (Phi) is 5.17. The number of methoxy groups -OCH3 is 3. The van der Waals surface area contributed by atoms with Gasteiger partial charge in [0.15, 0.2) is 11.5 Å². The van der Waals surface area contributed by atoms with Crippen molar-refractivity contribution in [3.63, 3.8) is 0 Å². The molecule has 1 amide bonds. The summed E-state index contributed by atoms with van der Waals surface area (Å²) >= 11 is 0. The molecule has 6 heteroatoms. The Morgan fingerprint density at radius 2 is 1.59 bits per heavy atom. The predicted octanol–water partition coefficient (Wildman–Crippen LogP) is 2.66. The van der Waals surface area contributed by atoms with Gasteiger partial charge in [0.1, 0.15) is 0 Å². The maximum atomic E-state index is 13.0. The lowest BCUT2D eigenvalue weighted by Gasteiger charge is -2.41. The Morgan fingerprint density at radius 1 is 0.926 bits per heavy atom. The summed E-state index contributed by atoms with van der Waals surface area (Å²) in [5.41, 5.74) is 0.581. The summed E-state index contributed by atoms with van der Waals surface area (Å²) in [6, 6.07) is 4.24. The molecular weight excluding hydrogens is 344 g/mol. The van der Waals surface area contributed by atoms with E-state index in [0.29, 0.717) is 22.8 Å². The average molecular weight is 374 g/mol. The lowest BCUT2D eigenvalue weighted by atomic mass is 9.93. The van der Waals surface area contributed by atoms with Crippen LogP contribution in [0.1, 0.15) is 36.0 Å². The molecule has 0 unspecified atom stereocenters. The van der Waals surface area contributed by atoms with E-state index in [1.54, 1.807) is 33.5 Å². The van der Waals surface area contributed by atoms with Gasteiger partial charge in [-0.2, -0.15) is 0 Å². The Hall–Kier alpha value is -1.95. The molecule has 1 aliphatic heterocycles. The van der Waals surface area contributed by atoms with Crippen LogP contribution in [0.3, 0.4) is 0 Å². The first kappa shape index (κ1) is 18.4. The molecule has 0 aromatic heterocycles. The number of benzene rings is 1. The number of amides is 1.